The van der Waals surface area contributed by atoms with Crippen LogP contribution in [0.3, 0.4) is 0 Å². The van der Waals surface area contributed by atoms with Gasteiger partial charge in [0.1, 0.15) is 0 Å². The molecule has 0 spiro atoms. The fourth-order valence-corrected chi connectivity index (χ4v) is 2.86. The molecule has 3 nitrogen and oxygen atoms in total. The van der Waals surface area contributed by atoms with Crippen molar-refractivity contribution in [3.63, 3.8) is 0 Å². The Kier molecular flexibility index (Phi) is 4.22. The Morgan fingerprint density at radius 1 is 1.42 bits per heavy atom. The number of carbonyl (C=O) groups excluding carboxylic acids is 1. The average Bonchev–Trinajstić information content (AvgIpc) is 2.77. The molecule has 0 radical (unpaired) electrons. The summed E-state index contributed by atoms with van der Waals surface area (Å²) in [5, 5.41) is 1.53. The zero-order valence-electron chi connectivity index (χ0n) is 11.1. The van der Waals surface area contributed by atoms with E-state index in [2.05, 4.69) is 4.98 Å². The van der Waals surface area contributed by atoms with Gasteiger partial charge >= 0.3 is 0 Å². The third-order valence-electron chi connectivity index (χ3n) is 2.83. The van der Waals surface area contributed by atoms with Crippen molar-refractivity contribution in [2.45, 2.75) is 20.4 Å². The van der Waals surface area contributed by atoms with E-state index in [0.29, 0.717) is 17.1 Å². The number of carbonyl (C=O) groups is 1. The second-order valence-electron chi connectivity index (χ2n) is 4.44. The second-order valence-corrected chi connectivity index (χ2v) is 6.14. The molecule has 0 saturated heterocycles. The number of thiazole rings is 1. The molecule has 1 amide bonds. The number of benzene rings is 1. The SMILES string of the molecule is Cc1ncc(CN(C)C(=O)c2cccc(C)c2Cl)s1. The van der Waals surface area contributed by atoms with Gasteiger partial charge in [0.15, 0.2) is 0 Å². The highest BCUT2D eigenvalue weighted by molar-refractivity contribution is 7.11. The van der Waals surface area contributed by atoms with E-state index in [0.717, 1.165) is 15.4 Å². The van der Waals surface area contributed by atoms with Crippen LogP contribution in [0.25, 0.3) is 0 Å². The molecule has 0 aliphatic carbocycles. The smallest absolute Gasteiger partial charge is 0.255 e. The van der Waals surface area contributed by atoms with E-state index < -0.39 is 0 Å². The highest BCUT2D eigenvalue weighted by Crippen LogP contribution is 2.22. The molecule has 2 aromatic rings. The maximum Gasteiger partial charge on any atom is 0.255 e. The lowest BCUT2D eigenvalue weighted by atomic mass is 10.1. The Balaban J connectivity index is 2.17. The van der Waals surface area contributed by atoms with Crippen LogP contribution in [-0.4, -0.2) is 22.8 Å². The van der Waals surface area contributed by atoms with Crippen molar-refractivity contribution in [2.24, 2.45) is 0 Å². The molecule has 1 aromatic carbocycles. The predicted octanol–water partition coefficient (Wildman–Crippen LogP) is 3.69. The molecule has 0 atom stereocenters. The second kappa shape index (κ2) is 5.72. The number of halogens is 1. The standard InChI is InChI=1S/C14H15ClN2OS/c1-9-5-4-6-12(13(9)15)14(18)17(3)8-11-7-16-10(2)19-11/h4-7H,8H2,1-3H3. The van der Waals surface area contributed by atoms with Crippen molar-refractivity contribution in [3.05, 3.63) is 50.4 Å². The van der Waals surface area contributed by atoms with E-state index in [1.165, 1.54) is 0 Å². The summed E-state index contributed by atoms with van der Waals surface area (Å²) < 4.78 is 0. The first-order chi connectivity index (χ1) is 8.99. The van der Waals surface area contributed by atoms with Gasteiger partial charge in [-0.1, -0.05) is 23.7 Å². The van der Waals surface area contributed by atoms with Crippen molar-refractivity contribution in [3.8, 4) is 0 Å². The molecule has 2 rings (SSSR count). The molecule has 100 valence electrons. The summed E-state index contributed by atoms with van der Waals surface area (Å²) in [5.41, 5.74) is 1.46. The zero-order chi connectivity index (χ0) is 14.0. The van der Waals surface area contributed by atoms with E-state index >= 15 is 0 Å². The van der Waals surface area contributed by atoms with Gasteiger partial charge in [-0.2, -0.15) is 0 Å². The average molecular weight is 295 g/mol. The van der Waals surface area contributed by atoms with Crippen molar-refractivity contribution >= 4 is 28.8 Å². The Morgan fingerprint density at radius 3 is 2.79 bits per heavy atom. The van der Waals surface area contributed by atoms with Gasteiger partial charge in [-0.05, 0) is 25.5 Å². The van der Waals surface area contributed by atoms with E-state index in [-0.39, 0.29) is 5.91 Å². The Morgan fingerprint density at radius 2 is 2.16 bits per heavy atom. The summed E-state index contributed by atoms with van der Waals surface area (Å²) in [5.74, 6) is -0.0697. The summed E-state index contributed by atoms with van der Waals surface area (Å²) in [6.45, 7) is 4.40. The molecule has 0 aliphatic rings. The molecule has 0 unspecified atom stereocenters. The predicted molar refractivity (Wildman–Crippen MR) is 78.8 cm³/mol. The lowest BCUT2D eigenvalue weighted by Gasteiger charge is -2.17. The third-order valence-corrected chi connectivity index (χ3v) is 4.23. The van der Waals surface area contributed by atoms with E-state index in [1.807, 2.05) is 32.2 Å². The van der Waals surface area contributed by atoms with Crippen molar-refractivity contribution in [1.82, 2.24) is 9.88 Å². The van der Waals surface area contributed by atoms with Gasteiger partial charge in [-0.15, -0.1) is 11.3 Å². The summed E-state index contributed by atoms with van der Waals surface area (Å²) in [6, 6.07) is 5.50. The lowest BCUT2D eigenvalue weighted by Crippen LogP contribution is -2.26. The molecule has 5 heteroatoms. The Labute approximate surface area is 121 Å². The van der Waals surface area contributed by atoms with Crippen molar-refractivity contribution in [2.75, 3.05) is 7.05 Å². The topological polar surface area (TPSA) is 33.2 Å². The summed E-state index contributed by atoms with van der Waals surface area (Å²) in [4.78, 5) is 19.3. The molecule has 0 saturated carbocycles. The van der Waals surface area contributed by atoms with Gasteiger partial charge in [0.05, 0.1) is 22.1 Å². The fourth-order valence-electron chi connectivity index (χ4n) is 1.80. The zero-order valence-corrected chi connectivity index (χ0v) is 12.7. The van der Waals surface area contributed by atoms with Crippen LogP contribution >= 0.6 is 22.9 Å². The van der Waals surface area contributed by atoms with Crippen LogP contribution in [0.1, 0.15) is 25.8 Å². The molecular formula is C14H15ClN2OS. The third kappa shape index (κ3) is 3.14. The van der Waals surface area contributed by atoms with Crippen molar-refractivity contribution < 1.29 is 4.79 Å². The van der Waals surface area contributed by atoms with Gasteiger partial charge in [-0.3, -0.25) is 4.79 Å². The van der Waals surface area contributed by atoms with Crippen LogP contribution in [0.15, 0.2) is 24.4 Å². The summed E-state index contributed by atoms with van der Waals surface area (Å²) >= 11 is 7.78. The van der Waals surface area contributed by atoms with Gasteiger partial charge in [0, 0.05) is 18.1 Å². The summed E-state index contributed by atoms with van der Waals surface area (Å²) in [7, 11) is 1.77. The maximum absolute atomic E-state index is 12.4. The molecular weight excluding hydrogens is 280 g/mol. The van der Waals surface area contributed by atoms with Crippen LogP contribution in [0.5, 0.6) is 0 Å². The monoisotopic (exact) mass is 294 g/mol. The molecule has 1 aromatic heterocycles. The number of nitrogens with zero attached hydrogens (tertiary/aromatic N) is 2. The van der Waals surface area contributed by atoms with Crippen molar-refractivity contribution in [1.29, 1.82) is 0 Å². The summed E-state index contributed by atoms with van der Waals surface area (Å²) in [6.07, 6.45) is 1.81. The number of aromatic nitrogens is 1. The normalized spacial score (nSPS) is 10.5. The number of rotatable bonds is 3. The minimum absolute atomic E-state index is 0.0697. The number of hydrogen-bond acceptors (Lipinski definition) is 3. The van der Waals surface area contributed by atoms with Crippen LogP contribution in [-0.2, 0) is 6.54 Å². The Bertz CT molecular complexity index is 609. The van der Waals surface area contributed by atoms with Gasteiger partial charge in [0.25, 0.3) is 5.91 Å². The van der Waals surface area contributed by atoms with E-state index in [9.17, 15) is 4.79 Å². The van der Waals surface area contributed by atoms with Gasteiger partial charge < -0.3 is 4.90 Å². The molecule has 0 bridgehead atoms. The highest BCUT2D eigenvalue weighted by atomic mass is 35.5. The molecule has 19 heavy (non-hydrogen) atoms. The van der Waals surface area contributed by atoms with Gasteiger partial charge in [0.2, 0.25) is 0 Å². The van der Waals surface area contributed by atoms with E-state index in [1.54, 1.807) is 29.4 Å². The highest BCUT2D eigenvalue weighted by Gasteiger charge is 2.16. The van der Waals surface area contributed by atoms with Crippen LogP contribution in [0.4, 0.5) is 0 Å². The number of aryl methyl sites for hydroxylation is 2. The first-order valence-corrected chi connectivity index (χ1v) is 7.10. The van der Waals surface area contributed by atoms with Crippen LogP contribution < -0.4 is 0 Å². The fraction of sp³-hybridized carbons (Fsp3) is 0.286. The number of hydrogen-bond donors (Lipinski definition) is 0. The maximum atomic E-state index is 12.4. The first-order valence-electron chi connectivity index (χ1n) is 5.91. The van der Waals surface area contributed by atoms with Crippen LogP contribution in [0.2, 0.25) is 5.02 Å². The largest absolute Gasteiger partial charge is 0.336 e. The Hall–Kier alpha value is -1.39. The number of amides is 1. The molecule has 1 heterocycles. The molecule has 0 fully saturated rings. The molecule has 0 N–H and O–H groups in total. The van der Waals surface area contributed by atoms with E-state index in [4.69, 9.17) is 11.6 Å². The quantitative estimate of drug-likeness (QED) is 0.865. The lowest BCUT2D eigenvalue weighted by molar-refractivity contribution is 0.0786. The minimum Gasteiger partial charge on any atom is -0.336 e. The molecule has 0 aliphatic heterocycles. The van der Waals surface area contributed by atoms with Crippen LogP contribution in [0, 0.1) is 13.8 Å². The van der Waals surface area contributed by atoms with Gasteiger partial charge in [-0.25, -0.2) is 4.98 Å². The first kappa shape index (κ1) is 14.0. The minimum atomic E-state index is -0.0697.